The van der Waals surface area contributed by atoms with Gasteiger partial charge in [-0.15, -0.1) is 11.3 Å². The first-order valence-corrected chi connectivity index (χ1v) is 6.96. The summed E-state index contributed by atoms with van der Waals surface area (Å²) in [5, 5.41) is 1.73. The first-order chi connectivity index (χ1) is 8.61. The zero-order valence-electron chi connectivity index (χ0n) is 10.6. The molecule has 1 aliphatic heterocycles. The Bertz CT molecular complexity index is 431. The van der Waals surface area contributed by atoms with Crippen LogP contribution in [-0.2, 0) is 4.79 Å². The second kappa shape index (κ2) is 5.48. The Balaban J connectivity index is 2.18. The minimum absolute atomic E-state index is 0.00159. The third kappa shape index (κ3) is 2.53. The number of carbonyl (C=O) groups is 2. The van der Waals surface area contributed by atoms with Crippen LogP contribution in [0.3, 0.4) is 0 Å². The number of amides is 2. The molecule has 5 nitrogen and oxygen atoms in total. The summed E-state index contributed by atoms with van der Waals surface area (Å²) in [7, 11) is 3.45. The standard InChI is InChI=1S/C12H17N3O2S/c1-14(2)12(17)10-5-3-4-6-15(10)11(16)9-7-18-8-13-9/h7-8,10H,3-6H2,1-2H3. The van der Waals surface area contributed by atoms with Gasteiger partial charge in [-0.3, -0.25) is 9.59 Å². The number of carbonyl (C=O) groups excluding carboxylic acids is 2. The van der Waals surface area contributed by atoms with Crippen LogP contribution in [0.15, 0.2) is 10.9 Å². The van der Waals surface area contributed by atoms with Gasteiger partial charge in [-0.25, -0.2) is 4.98 Å². The molecule has 1 aliphatic rings. The van der Waals surface area contributed by atoms with Gasteiger partial charge in [0.05, 0.1) is 5.51 Å². The Hall–Kier alpha value is -1.43. The average molecular weight is 267 g/mol. The van der Waals surface area contributed by atoms with Gasteiger partial charge in [0.2, 0.25) is 5.91 Å². The van der Waals surface area contributed by atoms with Gasteiger partial charge in [0.1, 0.15) is 11.7 Å². The number of likely N-dealkylation sites (tertiary alicyclic amines) is 1. The molecule has 0 aliphatic carbocycles. The number of hydrogen-bond acceptors (Lipinski definition) is 4. The summed E-state index contributed by atoms with van der Waals surface area (Å²) < 4.78 is 0. The fourth-order valence-corrected chi connectivity index (χ4v) is 2.72. The van der Waals surface area contributed by atoms with Gasteiger partial charge >= 0.3 is 0 Å². The lowest BCUT2D eigenvalue weighted by Crippen LogP contribution is -2.51. The van der Waals surface area contributed by atoms with Crippen molar-refractivity contribution in [2.75, 3.05) is 20.6 Å². The van der Waals surface area contributed by atoms with Crippen LogP contribution in [0, 0.1) is 0 Å². The molecule has 1 saturated heterocycles. The van der Waals surface area contributed by atoms with E-state index in [-0.39, 0.29) is 17.9 Å². The third-order valence-corrected chi connectivity index (χ3v) is 3.73. The lowest BCUT2D eigenvalue weighted by atomic mass is 10.0. The quantitative estimate of drug-likeness (QED) is 0.809. The van der Waals surface area contributed by atoms with Crippen molar-refractivity contribution in [3.8, 4) is 0 Å². The van der Waals surface area contributed by atoms with Crippen molar-refractivity contribution in [2.45, 2.75) is 25.3 Å². The largest absolute Gasteiger partial charge is 0.347 e. The summed E-state index contributed by atoms with van der Waals surface area (Å²) in [6.07, 6.45) is 2.69. The van der Waals surface area contributed by atoms with Crippen LogP contribution in [-0.4, -0.2) is 53.3 Å². The maximum absolute atomic E-state index is 12.3. The van der Waals surface area contributed by atoms with Crippen molar-refractivity contribution in [2.24, 2.45) is 0 Å². The number of likely N-dealkylation sites (N-methyl/N-ethyl adjacent to an activating group) is 1. The highest BCUT2D eigenvalue weighted by atomic mass is 32.1. The van der Waals surface area contributed by atoms with Gasteiger partial charge in [-0.2, -0.15) is 0 Å². The maximum atomic E-state index is 12.3. The highest BCUT2D eigenvalue weighted by molar-refractivity contribution is 7.07. The Kier molecular flexibility index (Phi) is 3.96. The van der Waals surface area contributed by atoms with Gasteiger partial charge < -0.3 is 9.80 Å². The molecule has 2 heterocycles. The number of rotatable bonds is 2. The first kappa shape index (κ1) is 13.0. The van der Waals surface area contributed by atoms with Gasteiger partial charge in [0, 0.05) is 26.0 Å². The number of thiazole rings is 1. The van der Waals surface area contributed by atoms with Gasteiger partial charge in [0.15, 0.2) is 0 Å². The average Bonchev–Trinajstić information content (AvgIpc) is 2.90. The van der Waals surface area contributed by atoms with E-state index in [1.54, 1.807) is 34.8 Å². The van der Waals surface area contributed by atoms with Crippen molar-refractivity contribution >= 4 is 23.2 Å². The van der Waals surface area contributed by atoms with E-state index in [4.69, 9.17) is 0 Å². The third-order valence-electron chi connectivity index (χ3n) is 3.14. The number of aromatic nitrogens is 1. The van der Waals surface area contributed by atoms with Crippen molar-refractivity contribution in [3.63, 3.8) is 0 Å². The maximum Gasteiger partial charge on any atom is 0.274 e. The lowest BCUT2D eigenvalue weighted by molar-refractivity contribution is -0.134. The van der Waals surface area contributed by atoms with E-state index in [2.05, 4.69) is 4.98 Å². The molecule has 2 amide bonds. The number of piperidine rings is 1. The predicted octanol–water partition coefficient (Wildman–Crippen LogP) is 1.23. The van der Waals surface area contributed by atoms with Crippen molar-refractivity contribution < 1.29 is 9.59 Å². The Labute approximate surface area is 110 Å². The van der Waals surface area contributed by atoms with Crippen LogP contribution in [0.2, 0.25) is 0 Å². The molecular weight excluding hydrogens is 250 g/mol. The van der Waals surface area contributed by atoms with Crippen LogP contribution in [0.25, 0.3) is 0 Å². The van der Waals surface area contributed by atoms with Crippen LogP contribution in [0.5, 0.6) is 0 Å². The van der Waals surface area contributed by atoms with E-state index < -0.39 is 0 Å². The number of hydrogen-bond donors (Lipinski definition) is 0. The molecule has 18 heavy (non-hydrogen) atoms. The zero-order valence-corrected chi connectivity index (χ0v) is 11.4. The van der Waals surface area contributed by atoms with Crippen LogP contribution < -0.4 is 0 Å². The molecule has 0 bridgehead atoms. The fourth-order valence-electron chi connectivity index (χ4n) is 2.19. The van der Waals surface area contributed by atoms with Crippen LogP contribution in [0.1, 0.15) is 29.8 Å². The van der Waals surface area contributed by atoms with Gasteiger partial charge in [-0.05, 0) is 19.3 Å². The van der Waals surface area contributed by atoms with Crippen molar-refractivity contribution in [1.29, 1.82) is 0 Å². The fraction of sp³-hybridized carbons (Fsp3) is 0.583. The second-order valence-electron chi connectivity index (χ2n) is 4.62. The SMILES string of the molecule is CN(C)C(=O)C1CCCCN1C(=O)c1cscn1. The molecule has 1 unspecified atom stereocenters. The molecule has 1 fully saturated rings. The predicted molar refractivity (Wildman–Crippen MR) is 69.5 cm³/mol. The van der Waals surface area contributed by atoms with E-state index in [9.17, 15) is 9.59 Å². The van der Waals surface area contributed by atoms with Gasteiger partial charge in [-0.1, -0.05) is 0 Å². The molecule has 98 valence electrons. The molecule has 0 aromatic carbocycles. The van der Waals surface area contributed by atoms with Crippen molar-refractivity contribution in [3.05, 3.63) is 16.6 Å². The molecule has 1 aromatic rings. The zero-order chi connectivity index (χ0) is 13.1. The summed E-state index contributed by atoms with van der Waals surface area (Å²) in [6.45, 7) is 0.639. The first-order valence-electron chi connectivity index (χ1n) is 6.01. The smallest absolute Gasteiger partial charge is 0.274 e. The summed E-state index contributed by atoms with van der Waals surface area (Å²) in [5.41, 5.74) is 2.08. The van der Waals surface area contributed by atoms with E-state index in [1.165, 1.54) is 11.3 Å². The molecule has 0 N–H and O–H groups in total. The summed E-state index contributed by atoms with van der Waals surface area (Å²) >= 11 is 1.39. The molecule has 6 heteroatoms. The molecule has 1 atom stereocenters. The Morgan fingerprint density at radius 1 is 1.44 bits per heavy atom. The molecular formula is C12H17N3O2S. The van der Waals surface area contributed by atoms with E-state index in [0.29, 0.717) is 12.2 Å². The van der Waals surface area contributed by atoms with Crippen LogP contribution in [0.4, 0.5) is 0 Å². The highest BCUT2D eigenvalue weighted by Gasteiger charge is 2.33. The molecule has 1 aromatic heterocycles. The summed E-state index contributed by atoms with van der Waals surface area (Å²) in [4.78, 5) is 31.6. The second-order valence-corrected chi connectivity index (χ2v) is 5.34. The van der Waals surface area contributed by atoms with E-state index in [0.717, 1.165) is 19.3 Å². The topological polar surface area (TPSA) is 53.5 Å². The monoisotopic (exact) mass is 267 g/mol. The molecule has 0 saturated carbocycles. The van der Waals surface area contributed by atoms with E-state index in [1.807, 2.05) is 0 Å². The highest BCUT2D eigenvalue weighted by Crippen LogP contribution is 2.21. The summed E-state index contributed by atoms with van der Waals surface area (Å²) in [5.74, 6) is -0.130. The van der Waals surface area contributed by atoms with Crippen molar-refractivity contribution in [1.82, 2.24) is 14.8 Å². The lowest BCUT2D eigenvalue weighted by Gasteiger charge is -2.35. The van der Waals surface area contributed by atoms with E-state index >= 15 is 0 Å². The number of nitrogens with zero attached hydrogens (tertiary/aromatic N) is 3. The van der Waals surface area contributed by atoms with Crippen LogP contribution >= 0.6 is 11.3 Å². The minimum Gasteiger partial charge on any atom is -0.347 e. The Morgan fingerprint density at radius 2 is 2.22 bits per heavy atom. The Morgan fingerprint density at radius 3 is 2.83 bits per heavy atom. The van der Waals surface area contributed by atoms with Gasteiger partial charge in [0.25, 0.3) is 5.91 Å². The summed E-state index contributed by atoms with van der Waals surface area (Å²) in [6, 6.07) is -0.331. The molecule has 0 radical (unpaired) electrons. The molecule has 2 rings (SSSR count). The normalized spacial score (nSPS) is 19.7. The minimum atomic E-state index is -0.331. The molecule has 0 spiro atoms.